The number of carbonyl (C=O) groups excluding carboxylic acids is 4. The van der Waals surface area contributed by atoms with Gasteiger partial charge < -0.3 is 4.74 Å². The standard InChI is InChI=1S/C26H26FNO5/c27-15-5-1-13(2-6-15)21(29)12-33-26(32)14-3-7-16(8-4-14)28-24(30)22-17-9-10-18(20-11-19(17)20)23(22)25(28)31/h1-2,5-6,9-10,14,16-20,22-23H,3-4,7-8,11-12H2/t14?,16?,17-,18-,19-,20-,22-,23+/m1/s1. The summed E-state index contributed by atoms with van der Waals surface area (Å²) in [7, 11) is 0. The Balaban J connectivity index is 1.04. The van der Waals surface area contributed by atoms with Crippen LogP contribution in [-0.4, -0.2) is 41.1 Å². The third-order valence-electron chi connectivity index (χ3n) is 8.60. The summed E-state index contributed by atoms with van der Waals surface area (Å²) in [6.07, 6.45) is 7.71. The van der Waals surface area contributed by atoms with Gasteiger partial charge in [-0.25, -0.2) is 4.39 Å². The summed E-state index contributed by atoms with van der Waals surface area (Å²) in [5, 5.41) is 0. The van der Waals surface area contributed by atoms with E-state index in [1.54, 1.807) is 0 Å². The van der Waals surface area contributed by atoms with Crippen molar-refractivity contribution in [2.45, 2.75) is 38.1 Å². The molecule has 0 spiro atoms. The van der Waals surface area contributed by atoms with E-state index < -0.39 is 11.8 Å². The number of Topliss-reactive ketones (excluding diaryl/α,β-unsaturated/α-hetero) is 1. The molecule has 7 rings (SSSR count). The SMILES string of the molecule is O=C(COC(=O)C1CCC(N2C(=O)[C@@H]3[C@@H]4C=C[C@H]([C@H]5C[C@H]45)[C@@H]3C2=O)CC1)c1ccc(F)cc1. The van der Waals surface area contributed by atoms with Crippen molar-refractivity contribution in [3.05, 3.63) is 47.8 Å². The van der Waals surface area contributed by atoms with Crippen molar-refractivity contribution in [2.75, 3.05) is 6.61 Å². The van der Waals surface area contributed by atoms with Gasteiger partial charge in [-0.2, -0.15) is 0 Å². The highest BCUT2D eigenvalue weighted by Gasteiger charge is 2.67. The molecule has 0 N–H and O–H groups in total. The van der Waals surface area contributed by atoms with Gasteiger partial charge in [-0.15, -0.1) is 0 Å². The smallest absolute Gasteiger partial charge is 0.309 e. The molecule has 2 bridgehead atoms. The quantitative estimate of drug-likeness (QED) is 0.297. The van der Waals surface area contributed by atoms with Gasteiger partial charge in [0.05, 0.1) is 17.8 Å². The van der Waals surface area contributed by atoms with Crippen LogP contribution < -0.4 is 0 Å². The molecule has 4 fully saturated rings. The Kier molecular flexibility index (Phi) is 4.78. The molecule has 1 aromatic rings. The Labute approximate surface area is 191 Å². The van der Waals surface area contributed by atoms with Gasteiger partial charge in [0, 0.05) is 11.6 Å². The third kappa shape index (κ3) is 3.27. The molecule has 0 unspecified atom stereocenters. The number of imide groups is 1. The molecule has 1 aliphatic heterocycles. The van der Waals surface area contributed by atoms with Crippen molar-refractivity contribution < 1.29 is 28.3 Å². The molecule has 3 saturated carbocycles. The molecule has 5 aliphatic carbocycles. The molecular formula is C26H26FNO5. The van der Waals surface area contributed by atoms with Gasteiger partial charge in [0.25, 0.3) is 0 Å². The lowest BCUT2D eigenvalue weighted by atomic mass is 9.63. The summed E-state index contributed by atoms with van der Waals surface area (Å²) in [6.45, 7) is -0.380. The predicted octanol–water partition coefficient (Wildman–Crippen LogP) is 3.16. The zero-order valence-electron chi connectivity index (χ0n) is 18.2. The van der Waals surface area contributed by atoms with E-state index in [4.69, 9.17) is 4.74 Å². The zero-order valence-corrected chi connectivity index (χ0v) is 18.2. The summed E-state index contributed by atoms with van der Waals surface area (Å²) in [5.74, 6) is -0.370. The molecule has 1 aromatic carbocycles. The van der Waals surface area contributed by atoms with Crippen LogP contribution in [0.2, 0.25) is 0 Å². The summed E-state index contributed by atoms with van der Waals surface area (Å²) in [4.78, 5) is 52.7. The second kappa shape index (κ2) is 7.61. The molecule has 1 heterocycles. The first kappa shape index (κ1) is 20.8. The molecule has 2 amide bonds. The number of hydrogen-bond donors (Lipinski definition) is 0. The fraction of sp³-hybridized carbons (Fsp3) is 0.538. The number of ketones is 1. The van der Waals surface area contributed by atoms with E-state index in [0.717, 1.165) is 6.42 Å². The first-order valence-corrected chi connectivity index (χ1v) is 11.9. The van der Waals surface area contributed by atoms with Crippen molar-refractivity contribution in [2.24, 2.45) is 41.4 Å². The van der Waals surface area contributed by atoms with Crippen LogP contribution in [0.5, 0.6) is 0 Å². The van der Waals surface area contributed by atoms with E-state index >= 15 is 0 Å². The number of carbonyl (C=O) groups is 4. The molecular weight excluding hydrogens is 425 g/mol. The van der Waals surface area contributed by atoms with Crippen molar-refractivity contribution >= 4 is 23.6 Å². The fourth-order valence-corrected chi connectivity index (χ4v) is 6.88. The normalized spacial score (nSPS) is 38.2. The van der Waals surface area contributed by atoms with Crippen molar-refractivity contribution in [3.8, 4) is 0 Å². The average Bonchev–Trinajstić information content (AvgIpc) is 3.61. The number of rotatable bonds is 5. The number of benzene rings is 1. The van der Waals surface area contributed by atoms with Gasteiger partial charge >= 0.3 is 5.97 Å². The second-order valence-corrected chi connectivity index (χ2v) is 10.2. The van der Waals surface area contributed by atoms with Gasteiger partial charge in [-0.05, 0) is 80.0 Å². The molecule has 6 aliphatic rings. The van der Waals surface area contributed by atoms with Crippen LogP contribution in [0.1, 0.15) is 42.5 Å². The summed E-state index contributed by atoms with van der Waals surface area (Å²) < 4.78 is 18.2. The minimum Gasteiger partial charge on any atom is -0.457 e. The van der Waals surface area contributed by atoms with E-state index in [1.165, 1.54) is 29.2 Å². The van der Waals surface area contributed by atoms with Crippen molar-refractivity contribution in [3.63, 3.8) is 0 Å². The summed E-state index contributed by atoms with van der Waals surface area (Å²) >= 11 is 0. The van der Waals surface area contributed by atoms with Gasteiger partial charge in [-0.1, -0.05) is 12.2 Å². The van der Waals surface area contributed by atoms with Gasteiger partial charge in [0.1, 0.15) is 5.82 Å². The maximum atomic E-state index is 13.3. The van der Waals surface area contributed by atoms with E-state index in [9.17, 15) is 23.6 Å². The predicted molar refractivity (Wildman–Crippen MR) is 114 cm³/mol. The summed E-state index contributed by atoms with van der Waals surface area (Å²) in [6, 6.07) is 4.96. The number of ether oxygens (including phenoxy) is 1. The molecule has 1 saturated heterocycles. The Hall–Kier alpha value is -2.83. The zero-order chi connectivity index (χ0) is 22.9. The first-order valence-electron chi connectivity index (χ1n) is 11.9. The van der Waals surface area contributed by atoms with E-state index in [0.29, 0.717) is 43.1 Å². The monoisotopic (exact) mass is 451 g/mol. The molecule has 172 valence electrons. The van der Waals surface area contributed by atoms with Gasteiger partial charge in [0.15, 0.2) is 12.4 Å². The Morgan fingerprint density at radius 3 is 2.06 bits per heavy atom. The number of halogens is 1. The molecule has 0 radical (unpaired) electrons. The lowest BCUT2D eigenvalue weighted by Gasteiger charge is -2.37. The van der Waals surface area contributed by atoms with Crippen LogP contribution >= 0.6 is 0 Å². The third-order valence-corrected chi connectivity index (χ3v) is 8.60. The molecule has 7 heteroatoms. The van der Waals surface area contributed by atoms with Crippen LogP contribution in [0.15, 0.2) is 36.4 Å². The lowest BCUT2D eigenvalue weighted by molar-refractivity contribution is -0.149. The van der Waals surface area contributed by atoms with E-state index in [1.807, 2.05) is 0 Å². The van der Waals surface area contributed by atoms with Crippen LogP contribution in [0.25, 0.3) is 0 Å². The van der Waals surface area contributed by atoms with Gasteiger partial charge in [-0.3, -0.25) is 24.1 Å². The molecule has 33 heavy (non-hydrogen) atoms. The molecule has 6 nitrogen and oxygen atoms in total. The number of likely N-dealkylation sites (tertiary alicyclic amines) is 1. The number of amides is 2. The Morgan fingerprint density at radius 2 is 1.48 bits per heavy atom. The Morgan fingerprint density at radius 1 is 0.909 bits per heavy atom. The van der Waals surface area contributed by atoms with Gasteiger partial charge in [0.2, 0.25) is 11.8 Å². The lowest BCUT2D eigenvalue weighted by Crippen LogP contribution is -2.44. The van der Waals surface area contributed by atoms with E-state index in [-0.39, 0.29) is 59.8 Å². The number of hydrogen-bond acceptors (Lipinski definition) is 5. The summed E-state index contributed by atoms with van der Waals surface area (Å²) in [5.41, 5.74) is 0.293. The maximum Gasteiger partial charge on any atom is 0.309 e. The van der Waals surface area contributed by atoms with Crippen LogP contribution in [0, 0.1) is 47.2 Å². The van der Waals surface area contributed by atoms with Crippen LogP contribution in [-0.2, 0) is 19.1 Å². The minimum absolute atomic E-state index is 0.00868. The van der Waals surface area contributed by atoms with Crippen LogP contribution in [0.3, 0.4) is 0 Å². The van der Waals surface area contributed by atoms with E-state index in [2.05, 4.69) is 12.2 Å². The van der Waals surface area contributed by atoms with Crippen LogP contribution in [0.4, 0.5) is 4.39 Å². The maximum absolute atomic E-state index is 13.3. The minimum atomic E-state index is -0.435. The first-order chi connectivity index (χ1) is 15.9. The highest BCUT2D eigenvalue weighted by Crippen LogP contribution is 2.65. The fourth-order valence-electron chi connectivity index (χ4n) is 6.88. The number of nitrogens with zero attached hydrogens (tertiary/aromatic N) is 1. The van der Waals surface area contributed by atoms with Crippen molar-refractivity contribution in [1.29, 1.82) is 0 Å². The largest absolute Gasteiger partial charge is 0.457 e. The highest BCUT2D eigenvalue weighted by atomic mass is 19.1. The Bertz CT molecular complexity index is 1020. The molecule has 6 atom stereocenters. The highest BCUT2D eigenvalue weighted by molar-refractivity contribution is 6.06. The number of allylic oxidation sites excluding steroid dienone is 2. The second-order valence-electron chi connectivity index (χ2n) is 10.2. The number of esters is 1. The topological polar surface area (TPSA) is 80.8 Å². The molecule has 0 aromatic heterocycles. The van der Waals surface area contributed by atoms with Crippen molar-refractivity contribution in [1.82, 2.24) is 4.90 Å². The average molecular weight is 451 g/mol.